The summed E-state index contributed by atoms with van der Waals surface area (Å²) in [6.07, 6.45) is 4.92. The minimum atomic E-state index is -0.285. The third-order valence-electron chi connectivity index (χ3n) is 4.76. The Morgan fingerprint density at radius 1 is 1.12 bits per heavy atom. The molecular weight excluding hydrogens is 315 g/mol. The zero-order valence-corrected chi connectivity index (χ0v) is 14.1. The first kappa shape index (κ1) is 15.8. The number of fused-ring (bicyclic) bond motifs is 1. The van der Waals surface area contributed by atoms with Gasteiger partial charge in [-0.2, -0.15) is 0 Å². The smallest absolute Gasteiger partial charge is 0.262 e. The second kappa shape index (κ2) is 6.30. The monoisotopic (exact) mass is 334 g/mol. The van der Waals surface area contributed by atoms with E-state index in [1.807, 2.05) is 24.4 Å². The lowest BCUT2D eigenvalue weighted by Crippen LogP contribution is -2.23. The van der Waals surface area contributed by atoms with Crippen LogP contribution in [0.3, 0.4) is 0 Å². The van der Waals surface area contributed by atoms with Crippen LogP contribution in [0, 0.1) is 5.82 Å². The summed E-state index contributed by atoms with van der Waals surface area (Å²) >= 11 is 0. The molecule has 3 aromatic rings. The molecule has 0 spiro atoms. The normalized spacial score (nSPS) is 15.4. The number of hydrogen-bond donors (Lipinski definition) is 0. The van der Waals surface area contributed by atoms with E-state index in [1.165, 1.54) is 17.7 Å². The first-order valence-corrected chi connectivity index (χ1v) is 8.42. The fourth-order valence-electron chi connectivity index (χ4n) is 3.36. The number of hydrogen-bond acceptors (Lipinski definition) is 2. The Labute approximate surface area is 146 Å². The topological polar surface area (TPSA) is 25.2 Å². The molecule has 4 heteroatoms. The van der Waals surface area contributed by atoms with Gasteiger partial charge in [0.15, 0.2) is 0 Å². The molecule has 0 aliphatic carbocycles. The highest BCUT2D eigenvalue weighted by Crippen LogP contribution is 2.31. The van der Waals surface area contributed by atoms with Crippen molar-refractivity contribution < 1.29 is 9.18 Å². The fraction of sp³-hybridized carbons (Fsp3) is 0.190. The Morgan fingerprint density at radius 3 is 2.64 bits per heavy atom. The maximum atomic E-state index is 13.9. The average molecular weight is 334 g/mol. The third kappa shape index (κ3) is 2.89. The molecule has 2 aromatic carbocycles. The molecule has 3 nitrogen and oxygen atoms in total. The molecule has 1 aromatic heterocycles. The molecule has 4 rings (SSSR count). The largest absolute Gasteiger partial charge is 0.302 e. The van der Waals surface area contributed by atoms with Crippen LogP contribution in [-0.4, -0.2) is 35.5 Å². The molecule has 0 radical (unpaired) electrons. The minimum absolute atomic E-state index is 0.100. The van der Waals surface area contributed by atoms with Gasteiger partial charge < -0.3 is 4.90 Å². The zero-order chi connectivity index (χ0) is 17.4. The molecule has 0 saturated heterocycles. The summed E-state index contributed by atoms with van der Waals surface area (Å²) in [5.74, 6) is -0.385. The number of rotatable bonds is 2. The molecule has 0 bridgehead atoms. The standard InChI is InChI=1S/C21H19FN2O/c1-23-11-9-15(10-12-23)19-14-24(20-8-7-17(22)13-18(19)20)21(25)16-5-3-2-4-6-16/h2-9,13-14H,10-12H2,1H3. The van der Waals surface area contributed by atoms with Crippen LogP contribution in [0.4, 0.5) is 4.39 Å². The molecular formula is C21H19FN2O. The van der Waals surface area contributed by atoms with E-state index in [2.05, 4.69) is 18.0 Å². The summed E-state index contributed by atoms with van der Waals surface area (Å²) < 4.78 is 15.5. The molecule has 1 aliphatic heterocycles. The van der Waals surface area contributed by atoms with Gasteiger partial charge in [0.05, 0.1) is 5.52 Å². The van der Waals surface area contributed by atoms with Gasteiger partial charge in [-0.1, -0.05) is 24.3 Å². The first-order valence-electron chi connectivity index (χ1n) is 8.42. The van der Waals surface area contributed by atoms with Gasteiger partial charge in [-0.15, -0.1) is 0 Å². The van der Waals surface area contributed by atoms with E-state index >= 15 is 0 Å². The van der Waals surface area contributed by atoms with Gasteiger partial charge >= 0.3 is 0 Å². The van der Waals surface area contributed by atoms with Crippen molar-refractivity contribution in [2.24, 2.45) is 0 Å². The number of benzene rings is 2. The quantitative estimate of drug-likeness (QED) is 0.702. The van der Waals surface area contributed by atoms with Crippen LogP contribution in [0.2, 0.25) is 0 Å². The van der Waals surface area contributed by atoms with Crippen molar-refractivity contribution in [2.75, 3.05) is 20.1 Å². The van der Waals surface area contributed by atoms with Crippen molar-refractivity contribution >= 4 is 22.4 Å². The van der Waals surface area contributed by atoms with Crippen LogP contribution in [0.15, 0.2) is 60.8 Å². The number of halogens is 1. The summed E-state index contributed by atoms with van der Waals surface area (Å²) in [5.41, 5.74) is 3.48. The van der Waals surface area contributed by atoms with Crippen LogP contribution < -0.4 is 0 Å². The molecule has 1 aliphatic rings. The first-order chi connectivity index (χ1) is 12.1. The van der Waals surface area contributed by atoms with Gasteiger partial charge in [-0.25, -0.2) is 4.39 Å². The summed E-state index contributed by atoms with van der Waals surface area (Å²) in [6, 6.07) is 13.8. The van der Waals surface area contributed by atoms with Crippen molar-refractivity contribution in [1.29, 1.82) is 0 Å². The highest BCUT2D eigenvalue weighted by Gasteiger charge is 2.19. The zero-order valence-electron chi connectivity index (χ0n) is 14.1. The molecule has 0 amide bonds. The molecule has 0 atom stereocenters. The van der Waals surface area contributed by atoms with Crippen molar-refractivity contribution in [3.05, 3.63) is 77.7 Å². The van der Waals surface area contributed by atoms with Crippen molar-refractivity contribution in [3.8, 4) is 0 Å². The third-order valence-corrected chi connectivity index (χ3v) is 4.76. The van der Waals surface area contributed by atoms with Crippen LogP contribution in [0.25, 0.3) is 16.5 Å². The molecule has 0 N–H and O–H groups in total. The van der Waals surface area contributed by atoms with Gasteiger partial charge in [0.2, 0.25) is 0 Å². The fourth-order valence-corrected chi connectivity index (χ4v) is 3.36. The summed E-state index contributed by atoms with van der Waals surface area (Å²) in [5, 5.41) is 0.792. The molecule has 0 saturated carbocycles. The number of carbonyl (C=O) groups excluding carboxylic acids is 1. The highest BCUT2D eigenvalue weighted by atomic mass is 19.1. The van der Waals surface area contributed by atoms with Crippen molar-refractivity contribution in [2.45, 2.75) is 6.42 Å². The number of carbonyl (C=O) groups is 1. The summed E-state index contributed by atoms with van der Waals surface area (Å²) in [4.78, 5) is 15.2. The Morgan fingerprint density at radius 2 is 1.92 bits per heavy atom. The lowest BCUT2D eigenvalue weighted by molar-refractivity contribution is 0.0965. The van der Waals surface area contributed by atoms with Crippen LogP contribution in [0.1, 0.15) is 22.3 Å². The number of likely N-dealkylation sites (N-methyl/N-ethyl adjacent to an activating group) is 1. The Bertz CT molecular complexity index is 972. The Balaban J connectivity index is 1.87. The van der Waals surface area contributed by atoms with Gasteiger partial charge in [-0.05, 0) is 49.4 Å². The van der Waals surface area contributed by atoms with Crippen LogP contribution in [0.5, 0.6) is 0 Å². The van der Waals surface area contributed by atoms with Crippen molar-refractivity contribution in [3.63, 3.8) is 0 Å². The lowest BCUT2D eigenvalue weighted by atomic mass is 9.99. The van der Waals surface area contributed by atoms with Gasteiger partial charge in [0.25, 0.3) is 5.91 Å². The van der Waals surface area contributed by atoms with E-state index in [4.69, 9.17) is 0 Å². The van der Waals surface area contributed by atoms with Gasteiger partial charge in [0.1, 0.15) is 5.82 Å². The molecule has 0 fully saturated rings. The predicted molar refractivity (Wildman–Crippen MR) is 98.2 cm³/mol. The van der Waals surface area contributed by atoms with Crippen LogP contribution >= 0.6 is 0 Å². The average Bonchev–Trinajstić information content (AvgIpc) is 3.01. The van der Waals surface area contributed by atoms with Gasteiger partial charge in [0, 0.05) is 35.8 Å². The number of aromatic nitrogens is 1. The van der Waals surface area contributed by atoms with Crippen molar-refractivity contribution in [1.82, 2.24) is 9.47 Å². The lowest BCUT2D eigenvalue weighted by Gasteiger charge is -2.21. The van der Waals surface area contributed by atoms with Crippen LogP contribution in [-0.2, 0) is 0 Å². The SMILES string of the molecule is CN1CC=C(c2cn(C(=O)c3ccccc3)c3ccc(F)cc23)CC1. The molecule has 2 heterocycles. The predicted octanol–water partition coefficient (Wildman–Crippen LogP) is 4.19. The van der Waals surface area contributed by atoms with E-state index in [1.54, 1.807) is 22.8 Å². The highest BCUT2D eigenvalue weighted by molar-refractivity contribution is 6.05. The summed E-state index contributed by atoms with van der Waals surface area (Å²) in [7, 11) is 2.08. The maximum absolute atomic E-state index is 13.9. The molecule has 25 heavy (non-hydrogen) atoms. The second-order valence-corrected chi connectivity index (χ2v) is 6.49. The molecule has 126 valence electrons. The number of nitrogens with zero attached hydrogens (tertiary/aromatic N) is 2. The maximum Gasteiger partial charge on any atom is 0.262 e. The minimum Gasteiger partial charge on any atom is -0.302 e. The van der Waals surface area contributed by atoms with E-state index < -0.39 is 0 Å². The Hall–Kier alpha value is -2.72. The van der Waals surface area contributed by atoms with Gasteiger partial charge in [-0.3, -0.25) is 9.36 Å². The summed E-state index contributed by atoms with van der Waals surface area (Å²) in [6.45, 7) is 1.82. The van der Waals surface area contributed by atoms with E-state index in [-0.39, 0.29) is 11.7 Å². The molecule has 0 unspecified atom stereocenters. The van der Waals surface area contributed by atoms with E-state index in [0.717, 1.165) is 36.0 Å². The second-order valence-electron chi connectivity index (χ2n) is 6.49. The van der Waals surface area contributed by atoms with E-state index in [0.29, 0.717) is 5.56 Å². The van der Waals surface area contributed by atoms with E-state index in [9.17, 15) is 9.18 Å². The Kier molecular flexibility index (Phi) is 3.98.